The molecule has 15 heteroatoms. The van der Waals surface area contributed by atoms with Gasteiger partial charge in [0.25, 0.3) is 0 Å². The van der Waals surface area contributed by atoms with E-state index >= 15 is 0 Å². The fourth-order valence-corrected chi connectivity index (χ4v) is 2.74. The SMILES string of the molecule is CCC(C)C(NC(=O)C(CCC(N)=O)NC(=O)C(CC(=O)O)NC(=O)C(N)CC(N)=O)C(=O)O. The fraction of sp³-hybridized carbons (Fsp3) is 0.632. The lowest BCUT2D eigenvalue weighted by atomic mass is 9.98. The molecule has 0 aromatic heterocycles. The van der Waals surface area contributed by atoms with Crippen molar-refractivity contribution in [2.75, 3.05) is 0 Å². The van der Waals surface area contributed by atoms with Crippen molar-refractivity contribution in [2.45, 2.75) is 70.1 Å². The molecule has 5 unspecified atom stereocenters. The van der Waals surface area contributed by atoms with Crippen LogP contribution in [0.4, 0.5) is 0 Å². The topological polar surface area (TPSA) is 274 Å². The molecular formula is C19H32N6O9. The molecule has 0 saturated carbocycles. The zero-order valence-corrected chi connectivity index (χ0v) is 18.9. The predicted octanol–water partition coefficient (Wildman–Crippen LogP) is -3.49. The molecule has 0 aromatic carbocycles. The first-order chi connectivity index (χ1) is 15.7. The molecule has 0 aliphatic carbocycles. The van der Waals surface area contributed by atoms with Gasteiger partial charge in [-0.25, -0.2) is 4.79 Å². The second-order valence-corrected chi connectivity index (χ2v) is 7.71. The summed E-state index contributed by atoms with van der Waals surface area (Å²) >= 11 is 0. The number of hydrogen-bond donors (Lipinski definition) is 8. The largest absolute Gasteiger partial charge is 0.481 e. The molecule has 34 heavy (non-hydrogen) atoms. The Morgan fingerprint density at radius 1 is 0.794 bits per heavy atom. The van der Waals surface area contributed by atoms with E-state index in [1.165, 1.54) is 0 Å². The van der Waals surface area contributed by atoms with Gasteiger partial charge in [-0.05, 0) is 12.3 Å². The van der Waals surface area contributed by atoms with E-state index in [0.29, 0.717) is 6.42 Å². The number of primary amides is 2. The van der Waals surface area contributed by atoms with E-state index < -0.39 is 84.4 Å². The molecule has 5 amide bonds. The third-order valence-electron chi connectivity index (χ3n) is 4.86. The van der Waals surface area contributed by atoms with E-state index in [1.807, 2.05) is 0 Å². The Hall–Kier alpha value is -3.75. The smallest absolute Gasteiger partial charge is 0.326 e. The van der Waals surface area contributed by atoms with Crippen LogP contribution < -0.4 is 33.2 Å². The Morgan fingerprint density at radius 3 is 1.76 bits per heavy atom. The summed E-state index contributed by atoms with van der Waals surface area (Å²) < 4.78 is 0. The summed E-state index contributed by atoms with van der Waals surface area (Å²) in [4.78, 5) is 82.3. The minimum absolute atomic E-state index is 0.325. The Bertz CT molecular complexity index is 803. The summed E-state index contributed by atoms with van der Waals surface area (Å²) in [6, 6.07) is -5.94. The molecule has 0 heterocycles. The third kappa shape index (κ3) is 11.2. The lowest BCUT2D eigenvalue weighted by Gasteiger charge is -2.26. The molecule has 5 atom stereocenters. The maximum Gasteiger partial charge on any atom is 0.326 e. The van der Waals surface area contributed by atoms with Crippen LogP contribution in [0.1, 0.15) is 46.0 Å². The van der Waals surface area contributed by atoms with Gasteiger partial charge in [-0.15, -0.1) is 0 Å². The van der Waals surface area contributed by atoms with Crippen LogP contribution in [0.3, 0.4) is 0 Å². The van der Waals surface area contributed by atoms with Crippen LogP contribution in [0.15, 0.2) is 0 Å². The summed E-state index contributed by atoms with van der Waals surface area (Å²) in [7, 11) is 0. The van der Waals surface area contributed by atoms with Gasteiger partial charge in [0.15, 0.2) is 0 Å². The molecule has 0 aliphatic rings. The van der Waals surface area contributed by atoms with Crippen molar-refractivity contribution in [2.24, 2.45) is 23.1 Å². The summed E-state index contributed by atoms with van der Waals surface area (Å²) in [6.45, 7) is 3.30. The number of carbonyl (C=O) groups is 7. The van der Waals surface area contributed by atoms with Crippen LogP contribution in [-0.2, 0) is 33.6 Å². The maximum atomic E-state index is 12.7. The molecule has 0 saturated heterocycles. The minimum Gasteiger partial charge on any atom is -0.481 e. The van der Waals surface area contributed by atoms with Gasteiger partial charge in [0.05, 0.1) is 18.9 Å². The zero-order valence-electron chi connectivity index (χ0n) is 18.9. The Labute approximate surface area is 195 Å². The van der Waals surface area contributed by atoms with E-state index in [9.17, 15) is 38.7 Å². The van der Waals surface area contributed by atoms with Crippen LogP contribution in [0, 0.1) is 5.92 Å². The highest BCUT2D eigenvalue weighted by Crippen LogP contribution is 2.09. The molecule has 0 radical (unpaired) electrons. The number of nitrogens with one attached hydrogen (secondary N) is 3. The Kier molecular flexibility index (Phi) is 12.8. The first-order valence-electron chi connectivity index (χ1n) is 10.4. The second-order valence-electron chi connectivity index (χ2n) is 7.71. The zero-order chi connectivity index (χ0) is 26.6. The van der Waals surface area contributed by atoms with Crippen LogP contribution in [0.25, 0.3) is 0 Å². The van der Waals surface area contributed by atoms with Crippen LogP contribution in [-0.4, -0.2) is 75.9 Å². The first-order valence-corrected chi connectivity index (χ1v) is 10.4. The number of aliphatic carboxylic acids is 2. The molecule has 11 N–H and O–H groups in total. The monoisotopic (exact) mass is 488 g/mol. The van der Waals surface area contributed by atoms with Crippen molar-refractivity contribution in [1.29, 1.82) is 0 Å². The number of carboxylic acids is 2. The van der Waals surface area contributed by atoms with Gasteiger partial charge in [0.1, 0.15) is 18.1 Å². The van der Waals surface area contributed by atoms with Gasteiger partial charge in [-0.2, -0.15) is 0 Å². The van der Waals surface area contributed by atoms with Crippen LogP contribution >= 0.6 is 0 Å². The quantitative estimate of drug-likeness (QED) is 0.106. The average molecular weight is 488 g/mol. The average Bonchev–Trinajstić information content (AvgIpc) is 2.72. The van der Waals surface area contributed by atoms with Crippen molar-refractivity contribution in [3.05, 3.63) is 0 Å². The molecule has 0 aliphatic heterocycles. The highest BCUT2D eigenvalue weighted by Gasteiger charge is 2.33. The van der Waals surface area contributed by atoms with Gasteiger partial charge >= 0.3 is 11.9 Å². The van der Waals surface area contributed by atoms with Gasteiger partial charge in [0, 0.05) is 6.42 Å². The van der Waals surface area contributed by atoms with Crippen LogP contribution in [0.5, 0.6) is 0 Å². The highest BCUT2D eigenvalue weighted by atomic mass is 16.4. The number of nitrogens with two attached hydrogens (primary N) is 3. The summed E-state index contributed by atoms with van der Waals surface area (Å²) in [6.07, 6.45) is -1.75. The normalized spacial score (nSPS) is 15.0. The molecule has 192 valence electrons. The third-order valence-corrected chi connectivity index (χ3v) is 4.86. The molecule has 0 bridgehead atoms. The number of carboxylic acid groups (broad SMARTS) is 2. The number of amides is 5. The Morgan fingerprint density at radius 2 is 1.32 bits per heavy atom. The van der Waals surface area contributed by atoms with E-state index in [0.717, 1.165) is 0 Å². The van der Waals surface area contributed by atoms with E-state index in [1.54, 1.807) is 13.8 Å². The maximum absolute atomic E-state index is 12.7. The molecule has 0 rings (SSSR count). The summed E-state index contributed by atoms with van der Waals surface area (Å²) in [5.41, 5.74) is 15.5. The van der Waals surface area contributed by atoms with Crippen molar-refractivity contribution in [1.82, 2.24) is 16.0 Å². The van der Waals surface area contributed by atoms with E-state index in [4.69, 9.17) is 22.3 Å². The fourth-order valence-electron chi connectivity index (χ4n) is 2.74. The van der Waals surface area contributed by atoms with Crippen LogP contribution in [0.2, 0.25) is 0 Å². The van der Waals surface area contributed by atoms with Gasteiger partial charge in [-0.1, -0.05) is 20.3 Å². The van der Waals surface area contributed by atoms with Crippen molar-refractivity contribution in [3.63, 3.8) is 0 Å². The van der Waals surface area contributed by atoms with E-state index in [-0.39, 0.29) is 12.8 Å². The number of rotatable bonds is 16. The lowest BCUT2D eigenvalue weighted by Crippen LogP contribution is -2.58. The van der Waals surface area contributed by atoms with Gasteiger partial charge in [0.2, 0.25) is 29.5 Å². The molecule has 0 spiro atoms. The standard InChI is InChI=1S/C19H32N6O9/c1-3-8(2)15(19(33)34)25-17(31)10(4-5-12(21)26)23-18(32)11(7-14(28)29)24-16(30)9(20)6-13(22)27/h8-11,15H,3-7,20H2,1-2H3,(H2,21,26)(H2,22,27)(H,23,32)(H,24,30)(H,25,31)(H,28,29)(H,33,34). The second kappa shape index (κ2) is 14.4. The molecule has 15 nitrogen and oxygen atoms in total. The molecular weight excluding hydrogens is 456 g/mol. The minimum atomic E-state index is -1.71. The Balaban J connectivity index is 5.65. The molecule has 0 aromatic rings. The number of hydrogen-bond acceptors (Lipinski definition) is 8. The first kappa shape index (κ1) is 30.2. The van der Waals surface area contributed by atoms with Gasteiger partial charge in [-0.3, -0.25) is 28.8 Å². The van der Waals surface area contributed by atoms with E-state index in [2.05, 4.69) is 16.0 Å². The summed E-state index contributed by atoms with van der Waals surface area (Å²) in [5.74, 6) is -8.10. The highest BCUT2D eigenvalue weighted by molar-refractivity contribution is 5.96. The van der Waals surface area contributed by atoms with Crippen molar-refractivity contribution >= 4 is 41.5 Å². The molecule has 0 fully saturated rings. The van der Waals surface area contributed by atoms with Crippen molar-refractivity contribution < 1.29 is 43.8 Å². The van der Waals surface area contributed by atoms with Gasteiger partial charge < -0.3 is 43.4 Å². The number of carbonyl (C=O) groups excluding carboxylic acids is 5. The predicted molar refractivity (Wildman–Crippen MR) is 115 cm³/mol. The lowest BCUT2D eigenvalue weighted by molar-refractivity contribution is -0.144. The summed E-state index contributed by atoms with van der Waals surface area (Å²) in [5, 5.41) is 25.0. The van der Waals surface area contributed by atoms with Crippen molar-refractivity contribution in [3.8, 4) is 0 Å².